The standard InChI is InChI=1S/C15H13ClN4O2S/c16-14-2-1-12(22-14)11-3-6-20(18-11)15(21)9-19-5-4-13-10(8-19)7-17-23-13/h1-2,4-5,7H,3,6,8-9H2. The number of rotatable bonds is 3. The summed E-state index contributed by atoms with van der Waals surface area (Å²) in [5, 5.41) is 6.18. The molecule has 4 rings (SSSR count). The number of fused-ring (bicyclic) bond motifs is 1. The summed E-state index contributed by atoms with van der Waals surface area (Å²) >= 11 is 7.25. The zero-order chi connectivity index (χ0) is 15.8. The van der Waals surface area contributed by atoms with Crippen LogP contribution in [0.25, 0.3) is 6.08 Å². The largest absolute Gasteiger partial charge is 0.443 e. The van der Waals surface area contributed by atoms with Gasteiger partial charge in [-0.1, -0.05) is 0 Å². The summed E-state index contributed by atoms with van der Waals surface area (Å²) in [5.74, 6) is 0.589. The molecule has 0 radical (unpaired) electrons. The second-order valence-electron chi connectivity index (χ2n) is 5.35. The van der Waals surface area contributed by atoms with Crippen LogP contribution in [-0.2, 0) is 11.3 Å². The minimum atomic E-state index is -0.0334. The summed E-state index contributed by atoms with van der Waals surface area (Å²) in [7, 11) is 0. The number of hydrogen-bond donors (Lipinski definition) is 0. The van der Waals surface area contributed by atoms with Gasteiger partial charge in [-0.05, 0) is 41.3 Å². The van der Waals surface area contributed by atoms with Crippen LogP contribution in [0.15, 0.2) is 34.0 Å². The fourth-order valence-electron chi connectivity index (χ4n) is 2.61. The Morgan fingerprint density at radius 1 is 1.43 bits per heavy atom. The predicted molar refractivity (Wildman–Crippen MR) is 88.1 cm³/mol. The quantitative estimate of drug-likeness (QED) is 0.855. The third kappa shape index (κ3) is 2.89. The van der Waals surface area contributed by atoms with Crippen molar-refractivity contribution in [2.75, 3.05) is 13.1 Å². The average Bonchev–Trinajstić information content (AvgIpc) is 3.26. The van der Waals surface area contributed by atoms with Gasteiger partial charge >= 0.3 is 0 Å². The van der Waals surface area contributed by atoms with Gasteiger partial charge in [-0.15, -0.1) is 0 Å². The fourth-order valence-corrected chi connectivity index (χ4v) is 3.41. The number of aromatic nitrogens is 1. The van der Waals surface area contributed by atoms with E-state index in [0.29, 0.717) is 37.0 Å². The molecule has 2 aliphatic rings. The number of hydrogen-bond acceptors (Lipinski definition) is 6. The Morgan fingerprint density at radius 3 is 3.17 bits per heavy atom. The molecule has 0 bridgehead atoms. The Balaban J connectivity index is 1.41. The van der Waals surface area contributed by atoms with Crippen LogP contribution in [0.5, 0.6) is 0 Å². The van der Waals surface area contributed by atoms with Gasteiger partial charge in [-0.25, -0.2) is 9.38 Å². The molecule has 0 aliphatic carbocycles. The minimum Gasteiger partial charge on any atom is -0.443 e. The molecule has 0 spiro atoms. The third-order valence-electron chi connectivity index (χ3n) is 3.77. The van der Waals surface area contributed by atoms with E-state index in [-0.39, 0.29) is 5.91 Å². The predicted octanol–water partition coefficient (Wildman–Crippen LogP) is 2.81. The van der Waals surface area contributed by atoms with Crippen molar-refractivity contribution in [2.24, 2.45) is 5.10 Å². The van der Waals surface area contributed by atoms with Gasteiger partial charge in [0, 0.05) is 30.9 Å². The van der Waals surface area contributed by atoms with Crippen LogP contribution in [0.4, 0.5) is 0 Å². The number of amides is 1. The lowest BCUT2D eigenvalue weighted by atomic mass is 10.2. The lowest BCUT2D eigenvalue weighted by Crippen LogP contribution is -2.34. The van der Waals surface area contributed by atoms with Crippen molar-refractivity contribution in [2.45, 2.75) is 13.0 Å². The molecule has 1 amide bonds. The molecule has 6 nitrogen and oxygen atoms in total. The van der Waals surface area contributed by atoms with E-state index in [1.807, 2.05) is 23.4 Å². The number of furan rings is 1. The zero-order valence-corrected chi connectivity index (χ0v) is 13.7. The molecule has 0 saturated carbocycles. The fraction of sp³-hybridized carbons (Fsp3) is 0.267. The van der Waals surface area contributed by atoms with Crippen LogP contribution in [0.1, 0.15) is 22.6 Å². The Morgan fingerprint density at radius 2 is 2.35 bits per heavy atom. The van der Waals surface area contributed by atoms with Gasteiger partial charge in [0.05, 0.1) is 18.0 Å². The molecular formula is C15H13ClN4O2S. The number of nitrogens with zero attached hydrogens (tertiary/aromatic N) is 4. The molecule has 0 aromatic carbocycles. The first kappa shape index (κ1) is 14.5. The maximum absolute atomic E-state index is 12.4. The van der Waals surface area contributed by atoms with Crippen LogP contribution in [-0.4, -0.2) is 39.0 Å². The smallest absolute Gasteiger partial charge is 0.262 e. The number of carbonyl (C=O) groups is 1. The second-order valence-corrected chi connectivity index (χ2v) is 6.56. The molecule has 2 aliphatic heterocycles. The van der Waals surface area contributed by atoms with Crippen molar-refractivity contribution in [3.8, 4) is 0 Å². The van der Waals surface area contributed by atoms with E-state index in [1.165, 1.54) is 16.5 Å². The van der Waals surface area contributed by atoms with E-state index in [1.54, 1.807) is 12.1 Å². The Labute approximate surface area is 141 Å². The van der Waals surface area contributed by atoms with Crippen LogP contribution >= 0.6 is 23.1 Å². The molecule has 2 aromatic heterocycles. The molecule has 0 fully saturated rings. The van der Waals surface area contributed by atoms with Crippen molar-refractivity contribution < 1.29 is 9.21 Å². The lowest BCUT2D eigenvalue weighted by molar-refractivity contribution is -0.131. The van der Waals surface area contributed by atoms with Gasteiger partial charge in [-0.2, -0.15) is 5.10 Å². The number of halogens is 1. The van der Waals surface area contributed by atoms with Gasteiger partial charge < -0.3 is 9.32 Å². The molecule has 0 atom stereocenters. The van der Waals surface area contributed by atoms with Crippen molar-refractivity contribution >= 4 is 40.8 Å². The Bertz CT molecular complexity index is 810. The first-order valence-corrected chi connectivity index (χ1v) is 8.33. The molecule has 8 heteroatoms. The number of carbonyl (C=O) groups excluding carboxylic acids is 1. The first-order valence-electron chi connectivity index (χ1n) is 7.18. The van der Waals surface area contributed by atoms with E-state index in [0.717, 1.165) is 16.2 Å². The van der Waals surface area contributed by atoms with Crippen LogP contribution in [0.3, 0.4) is 0 Å². The van der Waals surface area contributed by atoms with Crippen molar-refractivity contribution in [3.63, 3.8) is 0 Å². The highest BCUT2D eigenvalue weighted by atomic mass is 35.5. The highest BCUT2D eigenvalue weighted by molar-refractivity contribution is 7.06. The van der Waals surface area contributed by atoms with Gasteiger partial charge in [0.2, 0.25) is 0 Å². The maximum Gasteiger partial charge on any atom is 0.262 e. The molecule has 2 aromatic rings. The highest BCUT2D eigenvalue weighted by Gasteiger charge is 2.25. The normalized spacial score (nSPS) is 16.7. The third-order valence-corrected chi connectivity index (χ3v) is 4.78. The monoisotopic (exact) mass is 348 g/mol. The molecule has 4 heterocycles. The molecule has 118 valence electrons. The van der Waals surface area contributed by atoms with Gasteiger partial charge in [0.1, 0.15) is 5.71 Å². The molecule has 0 saturated heterocycles. The van der Waals surface area contributed by atoms with Crippen LogP contribution in [0, 0.1) is 0 Å². The van der Waals surface area contributed by atoms with E-state index in [4.69, 9.17) is 16.0 Å². The van der Waals surface area contributed by atoms with E-state index < -0.39 is 0 Å². The van der Waals surface area contributed by atoms with E-state index in [9.17, 15) is 4.79 Å². The summed E-state index contributed by atoms with van der Waals surface area (Å²) in [6.45, 7) is 1.56. The Kier molecular flexibility index (Phi) is 3.66. The summed E-state index contributed by atoms with van der Waals surface area (Å²) < 4.78 is 9.51. The summed E-state index contributed by atoms with van der Waals surface area (Å²) in [6.07, 6.45) is 6.45. The molecule has 0 unspecified atom stereocenters. The SMILES string of the molecule is O=C(CN1C=Cc2sncc2C1)N1CCC(c2ccc(Cl)o2)=N1. The summed E-state index contributed by atoms with van der Waals surface area (Å²) in [4.78, 5) is 15.5. The van der Waals surface area contributed by atoms with Crippen LogP contribution < -0.4 is 0 Å². The molecule has 23 heavy (non-hydrogen) atoms. The zero-order valence-electron chi connectivity index (χ0n) is 12.1. The maximum atomic E-state index is 12.4. The van der Waals surface area contributed by atoms with E-state index >= 15 is 0 Å². The summed E-state index contributed by atoms with van der Waals surface area (Å²) in [6, 6.07) is 3.45. The first-order chi connectivity index (χ1) is 11.2. The van der Waals surface area contributed by atoms with Gasteiger partial charge in [-0.3, -0.25) is 4.79 Å². The van der Waals surface area contributed by atoms with Gasteiger partial charge in [0.15, 0.2) is 11.0 Å². The van der Waals surface area contributed by atoms with Crippen molar-refractivity contribution in [1.29, 1.82) is 0 Å². The van der Waals surface area contributed by atoms with Crippen LogP contribution in [0.2, 0.25) is 5.22 Å². The van der Waals surface area contributed by atoms with E-state index in [2.05, 4.69) is 9.47 Å². The van der Waals surface area contributed by atoms with Gasteiger partial charge in [0.25, 0.3) is 5.91 Å². The average molecular weight is 349 g/mol. The van der Waals surface area contributed by atoms with Crippen molar-refractivity contribution in [1.82, 2.24) is 14.3 Å². The molecular weight excluding hydrogens is 336 g/mol. The minimum absolute atomic E-state index is 0.0334. The number of hydrazone groups is 1. The van der Waals surface area contributed by atoms with Crippen molar-refractivity contribution in [3.05, 3.63) is 45.9 Å². The lowest BCUT2D eigenvalue weighted by Gasteiger charge is -2.24. The molecule has 0 N–H and O–H groups in total. The summed E-state index contributed by atoms with van der Waals surface area (Å²) in [5.41, 5.74) is 1.91. The second kappa shape index (κ2) is 5.82. The highest BCUT2D eigenvalue weighted by Crippen LogP contribution is 2.23. The topological polar surface area (TPSA) is 61.9 Å². The Hall–Kier alpha value is -2.12.